The van der Waals surface area contributed by atoms with Gasteiger partial charge in [0.05, 0.1) is 6.04 Å². The van der Waals surface area contributed by atoms with Crippen molar-refractivity contribution in [1.29, 1.82) is 0 Å². The van der Waals surface area contributed by atoms with Gasteiger partial charge < -0.3 is 5.73 Å². The molecule has 0 aromatic heterocycles. The zero-order chi connectivity index (χ0) is 11.4. The third-order valence-electron chi connectivity index (χ3n) is 2.37. The minimum absolute atomic E-state index is 0.252. The van der Waals surface area contributed by atoms with Crippen LogP contribution in [0.1, 0.15) is 11.1 Å². The lowest BCUT2D eigenvalue weighted by Gasteiger charge is -2.17. The average Bonchev–Trinajstić information content (AvgIpc) is 2.20. The van der Waals surface area contributed by atoms with Gasteiger partial charge in [0, 0.05) is 7.05 Å². The first-order valence-corrected chi connectivity index (χ1v) is 4.84. The lowest BCUT2D eigenvalue weighted by atomic mass is 10.0. The van der Waals surface area contributed by atoms with Crippen LogP contribution in [-0.4, -0.2) is 24.0 Å². The van der Waals surface area contributed by atoms with Crippen LogP contribution in [-0.2, 0) is 11.2 Å². The number of rotatable bonds is 3. The minimum atomic E-state index is -0.568. The maximum absolute atomic E-state index is 11.4. The van der Waals surface area contributed by atoms with Gasteiger partial charge >= 0.3 is 0 Å². The normalized spacial score (nSPS) is 12.3. The summed E-state index contributed by atoms with van der Waals surface area (Å²) in [5, 5.41) is 1.03. The first-order chi connectivity index (χ1) is 7.02. The summed E-state index contributed by atoms with van der Waals surface area (Å²) in [6.45, 7) is 2.00. The van der Waals surface area contributed by atoms with E-state index in [0.29, 0.717) is 6.42 Å². The predicted molar refractivity (Wildman–Crippen MR) is 59.8 cm³/mol. The predicted octanol–water partition coefficient (Wildman–Crippen LogP) is 0.197. The Kier molecular flexibility index (Phi) is 3.82. The van der Waals surface area contributed by atoms with Gasteiger partial charge in [0.1, 0.15) is 0 Å². The topological polar surface area (TPSA) is 72.4 Å². The first-order valence-electron chi connectivity index (χ1n) is 4.84. The Balaban J connectivity index is 2.71. The zero-order valence-corrected chi connectivity index (χ0v) is 9.10. The number of benzene rings is 1. The summed E-state index contributed by atoms with van der Waals surface area (Å²) in [6.07, 6.45) is 0.521. The highest BCUT2D eigenvalue weighted by atomic mass is 16.2. The standard InChI is InChI=1S/C11H17N3O/c1-8-5-3-4-6-9(8)7-10(12)11(15)14(2)13/h3-6,10H,7,12-13H2,1-2H3. The number of aryl methyl sites for hydroxylation is 1. The van der Waals surface area contributed by atoms with Crippen LogP contribution in [0.4, 0.5) is 0 Å². The summed E-state index contributed by atoms with van der Waals surface area (Å²) in [6, 6.07) is 7.30. The van der Waals surface area contributed by atoms with Crippen LogP contribution < -0.4 is 11.6 Å². The highest BCUT2D eigenvalue weighted by molar-refractivity contribution is 5.81. The molecule has 0 aliphatic rings. The summed E-state index contributed by atoms with van der Waals surface area (Å²) in [4.78, 5) is 11.4. The monoisotopic (exact) mass is 207 g/mol. The molecule has 82 valence electrons. The molecule has 0 spiro atoms. The maximum atomic E-state index is 11.4. The summed E-state index contributed by atoms with van der Waals surface area (Å²) in [5.74, 6) is 5.08. The number of carbonyl (C=O) groups excluding carboxylic acids is 1. The SMILES string of the molecule is Cc1ccccc1CC(N)C(=O)N(C)N. The van der Waals surface area contributed by atoms with Crippen LogP contribution in [0.15, 0.2) is 24.3 Å². The largest absolute Gasteiger partial charge is 0.320 e. The van der Waals surface area contributed by atoms with Gasteiger partial charge in [-0.1, -0.05) is 24.3 Å². The Morgan fingerprint density at radius 3 is 2.60 bits per heavy atom. The second kappa shape index (κ2) is 4.91. The van der Waals surface area contributed by atoms with Crippen LogP contribution in [0.25, 0.3) is 0 Å². The first kappa shape index (κ1) is 11.7. The van der Waals surface area contributed by atoms with Crippen molar-refractivity contribution in [2.24, 2.45) is 11.6 Å². The molecule has 0 fully saturated rings. The lowest BCUT2D eigenvalue weighted by Crippen LogP contribution is -2.46. The van der Waals surface area contributed by atoms with Crippen molar-refractivity contribution in [3.05, 3.63) is 35.4 Å². The van der Waals surface area contributed by atoms with Gasteiger partial charge in [-0.25, -0.2) is 5.84 Å². The highest BCUT2D eigenvalue weighted by Crippen LogP contribution is 2.09. The number of nitrogens with two attached hydrogens (primary N) is 2. The van der Waals surface area contributed by atoms with Crippen molar-refractivity contribution in [1.82, 2.24) is 5.01 Å². The molecular weight excluding hydrogens is 190 g/mol. The highest BCUT2D eigenvalue weighted by Gasteiger charge is 2.16. The Morgan fingerprint density at radius 1 is 1.47 bits per heavy atom. The molecule has 1 aromatic carbocycles. The molecule has 1 amide bonds. The Bertz CT molecular complexity index is 349. The fourth-order valence-electron chi connectivity index (χ4n) is 1.42. The summed E-state index contributed by atoms with van der Waals surface area (Å²) < 4.78 is 0. The van der Waals surface area contributed by atoms with E-state index in [9.17, 15) is 4.79 Å². The molecular formula is C11H17N3O. The smallest absolute Gasteiger partial charge is 0.253 e. The minimum Gasteiger partial charge on any atom is -0.320 e. The van der Waals surface area contributed by atoms with E-state index in [0.717, 1.165) is 16.1 Å². The molecule has 0 radical (unpaired) electrons. The van der Waals surface area contributed by atoms with Crippen molar-refractivity contribution in [3.8, 4) is 0 Å². The third kappa shape index (κ3) is 3.04. The number of hydrazine groups is 1. The van der Waals surface area contributed by atoms with E-state index < -0.39 is 6.04 Å². The Labute approximate surface area is 89.8 Å². The molecule has 1 rings (SSSR count). The molecule has 0 saturated heterocycles. The van der Waals surface area contributed by atoms with Gasteiger partial charge in [0.15, 0.2) is 0 Å². The van der Waals surface area contributed by atoms with Gasteiger partial charge in [-0.05, 0) is 24.5 Å². The molecule has 0 heterocycles. The molecule has 4 N–H and O–H groups in total. The lowest BCUT2D eigenvalue weighted by molar-refractivity contribution is -0.131. The van der Waals surface area contributed by atoms with E-state index in [1.807, 2.05) is 31.2 Å². The number of hydrogen-bond acceptors (Lipinski definition) is 3. The van der Waals surface area contributed by atoms with Crippen molar-refractivity contribution >= 4 is 5.91 Å². The number of carbonyl (C=O) groups is 1. The van der Waals surface area contributed by atoms with Crippen LogP contribution in [0.2, 0.25) is 0 Å². The number of nitrogens with zero attached hydrogens (tertiary/aromatic N) is 1. The third-order valence-corrected chi connectivity index (χ3v) is 2.37. The van der Waals surface area contributed by atoms with Crippen LogP contribution in [0.5, 0.6) is 0 Å². The van der Waals surface area contributed by atoms with Crippen LogP contribution >= 0.6 is 0 Å². The van der Waals surface area contributed by atoms with E-state index in [-0.39, 0.29) is 5.91 Å². The van der Waals surface area contributed by atoms with Crippen molar-refractivity contribution in [3.63, 3.8) is 0 Å². The summed E-state index contributed by atoms with van der Waals surface area (Å²) >= 11 is 0. The van der Waals surface area contributed by atoms with Gasteiger partial charge in [-0.3, -0.25) is 9.80 Å². The molecule has 1 atom stereocenters. The van der Waals surface area contributed by atoms with Crippen molar-refractivity contribution < 1.29 is 4.79 Å². The quantitative estimate of drug-likeness (QED) is 0.422. The average molecular weight is 207 g/mol. The van der Waals surface area contributed by atoms with E-state index in [2.05, 4.69) is 0 Å². The number of hydrogen-bond donors (Lipinski definition) is 2. The molecule has 0 aliphatic heterocycles. The molecule has 0 bridgehead atoms. The van der Waals surface area contributed by atoms with Crippen LogP contribution in [0, 0.1) is 6.92 Å². The van der Waals surface area contributed by atoms with Crippen LogP contribution in [0.3, 0.4) is 0 Å². The molecule has 0 saturated carbocycles. The maximum Gasteiger partial charge on any atom is 0.253 e. The molecule has 1 aromatic rings. The molecule has 1 unspecified atom stereocenters. The molecule has 4 nitrogen and oxygen atoms in total. The Hall–Kier alpha value is -1.39. The summed E-state index contributed by atoms with van der Waals surface area (Å²) in [5.41, 5.74) is 7.97. The Morgan fingerprint density at radius 2 is 2.07 bits per heavy atom. The van der Waals surface area contributed by atoms with Gasteiger partial charge in [0.2, 0.25) is 0 Å². The zero-order valence-electron chi connectivity index (χ0n) is 9.10. The van der Waals surface area contributed by atoms with E-state index >= 15 is 0 Å². The van der Waals surface area contributed by atoms with Crippen molar-refractivity contribution in [2.75, 3.05) is 7.05 Å². The summed E-state index contributed by atoms with van der Waals surface area (Å²) in [7, 11) is 1.50. The van der Waals surface area contributed by atoms with Gasteiger partial charge in [-0.2, -0.15) is 0 Å². The van der Waals surface area contributed by atoms with E-state index in [1.165, 1.54) is 7.05 Å². The second-order valence-electron chi connectivity index (χ2n) is 3.69. The molecule has 4 heteroatoms. The number of likely N-dealkylation sites (N-methyl/N-ethyl adjacent to an activating group) is 1. The second-order valence-corrected chi connectivity index (χ2v) is 3.69. The van der Waals surface area contributed by atoms with Gasteiger partial charge in [-0.15, -0.1) is 0 Å². The van der Waals surface area contributed by atoms with Gasteiger partial charge in [0.25, 0.3) is 5.91 Å². The number of amides is 1. The van der Waals surface area contributed by atoms with Crippen molar-refractivity contribution in [2.45, 2.75) is 19.4 Å². The van der Waals surface area contributed by atoms with E-state index in [4.69, 9.17) is 11.6 Å². The molecule has 15 heavy (non-hydrogen) atoms. The molecule has 0 aliphatic carbocycles. The fraction of sp³-hybridized carbons (Fsp3) is 0.364. The fourth-order valence-corrected chi connectivity index (χ4v) is 1.42. The van der Waals surface area contributed by atoms with E-state index in [1.54, 1.807) is 0 Å².